The number of amides is 1. The van der Waals surface area contributed by atoms with Gasteiger partial charge in [0.1, 0.15) is 6.61 Å². The van der Waals surface area contributed by atoms with Crippen LogP contribution in [0.2, 0.25) is 0 Å². The molecule has 1 atom stereocenters. The van der Waals surface area contributed by atoms with E-state index >= 15 is 0 Å². The molecule has 2 fully saturated rings. The van der Waals surface area contributed by atoms with E-state index in [0.29, 0.717) is 0 Å². The molecule has 0 radical (unpaired) electrons. The Morgan fingerprint density at radius 1 is 1.13 bits per heavy atom. The molecule has 126 valence electrons. The number of piperazine rings is 1. The molecular weight excluding hydrogens is 288 g/mol. The van der Waals surface area contributed by atoms with Gasteiger partial charge in [-0.25, -0.2) is 0 Å². The van der Waals surface area contributed by atoms with E-state index < -0.39 is 0 Å². The number of benzene rings is 1. The number of carbonyl (C=O) groups is 1. The third-order valence-electron chi connectivity index (χ3n) is 5.08. The lowest BCUT2D eigenvalue weighted by molar-refractivity contribution is -0.143. The Morgan fingerprint density at radius 3 is 2.61 bits per heavy atom. The summed E-state index contributed by atoms with van der Waals surface area (Å²) < 4.78 is 5.90. The average Bonchev–Trinajstić information content (AvgIpc) is 2.61. The van der Waals surface area contributed by atoms with E-state index in [-0.39, 0.29) is 24.7 Å². The second-order valence-electron chi connectivity index (χ2n) is 6.85. The number of hydrogen-bond donors (Lipinski definition) is 0. The van der Waals surface area contributed by atoms with E-state index in [9.17, 15) is 4.79 Å². The maximum atomic E-state index is 12.7. The molecule has 1 aliphatic heterocycles. The Bertz CT molecular complexity index is 499. The van der Waals surface area contributed by atoms with E-state index in [1.165, 1.54) is 24.8 Å². The maximum absolute atomic E-state index is 12.7. The van der Waals surface area contributed by atoms with Gasteiger partial charge in [0.25, 0.3) is 0 Å². The first-order valence-corrected chi connectivity index (χ1v) is 8.88. The Balaban J connectivity index is 1.62. The van der Waals surface area contributed by atoms with Crippen LogP contribution >= 0.6 is 0 Å². The van der Waals surface area contributed by atoms with Crippen molar-refractivity contribution in [3.63, 3.8) is 0 Å². The second kappa shape index (κ2) is 7.93. The first-order valence-electron chi connectivity index (χ1n) is 8.88. The van der Waals surface area contributed by atoms with Gasteiger partial charge in [-0.05, 0) is 25.5 Å². The highest BCUT2D eigenvalue weighted by Crippen LogP contribution is 2.25. The summed E-state index contributed by atoms with van der Waals surface area (Å²) in [5.74, 6) is 0.137. The van der Waals surface area contributed by atoms with Gasteiger partial charge in [0.05, 0.1) is 12.1 Å². The Morgan fingerprint density at radius 2 is 1.87 bits per heavy atom. The van der Waals surface area contributed by atoms with Crippen LogP contribution in [0.15, 0.2) is 30.3 Å². The van der Waals surface area contributed by atoms with Crippen LogP contribution in [-0.4, -0.2) is 55.1 Å². The normalized spacial score (nSPS) is 23.9. The SMILES string of the molecule is CN1CCN(C(=O)COC2CCCCC2)C(c2ccccc2)C1. The second-order valence-corrected chi connectivity index (χ2v) is 6.85. The van der Waals surface area contributed by atoms with Crippen molar-refractivity contribution < 1.29 is 9.53 Å². The summed E-state index contributed by atoms with van der Waals surface area (Å²) in [5, 5.41) is 0. The Hall–Kier alpha value is -1.39. The number of hydrogen-bond acceptors (Lipinski definition) is 3. The van der Waals surface area contributed by atoms with Crippen LogP contribution in [0.5, 0.6) is 0 Å². The molecular formula is C19H28N2O2. The molecule has 1 aromatic rings. The molecule has 1 saturated carbocycles. The van der Waals surface area contributed by atoms with Crippen LogP contribution in [0.25, 0.3) is 0 Å². The Labute approximate surface area is 139 Å². The summed E-state index contributed by atoms with van der Waals surface area (Å²) in [5.41, 5.74) is 1.21. The highest BCUT2D eigenvalue weighted by Gasteiger charge is 2.30. The van der Waals surface area contributed by atoms with Crippen molar-refractivity contribution in [2.45, 2.75) is 44.2 Å². The minimum Gasteiger partial charge on any atom is -0.368 e. The third kappa shape index (κ3) is 4.33. The van der Waals surface area contributed by atoms with Crippen molar-refractivity contribution in [1.82, 2.24) is 9.80 Å². The van der Waals surface area contributed by atoms with Crippen LogP contribution in [-0.2, 0) is 9.53 Å². The predicted molar refractivity (Wildman–Crippen MR) is 91.2 cm³/mol. The fourth-order valence-electron chi connectivity index (χ4n) is 3.68. The van der Waals surface area contributed by atoms with Crippen LogP contribution in [0.1, 0.15) is 43.7 Å². The lowest BCUT2D eigenvalue weighted by Crippen LogP contribution is -2.50. The smallest absolute Gasteiger partial charge is 0.249 e. The zero-order valence-corrected chi connectivity index (χ0v) is 14.1. The summed E-state index contributed by atoms with van der Waals surface area (Å²) in [6.45, 7) is 2.83. The van der Waals surface area contributed by atoms with Crippen molar-refractivity contribution >= 4 is 5.91 Å². The number of carbonyl (C=O) groups excluding carboxylic acids is 1. The van der Waals surface area contributed by atoms with Gasteiger partial charge in [0, 0.05) is 19.6 Å². The molecule has 1 saturated heterocycles. The fraction of sp³-hybridized carbons (Fsp3) is 0.632. The van der Waals surface area contributed by atoms with Crippen LogP contribution in [0.4, 0.5) is 0 Å². The molecule has 1 aromatic carbocycles. The average molecular weight is 316 g/mol. The van der Waals surface area contributed by atoms with Crippen molar-refractivity contribution in [3.8, 4) is 0 Å². The highest BCUT2D eigenvalue weighted by atomic mass is 16.5. The monoisotopic (exact) mass is 316 g/mol. The number of likely N-dealkylation sites (N-methyl/N-ethyl adjacent to an activating group) is 1. The van der Waals surface area contributed by atoms with Gasteiger partial charge in [0.15, 0.2) is 0 Å². The molecule has 1 heterocycles. The molecule has 3 rings (SSSR count). The molecule has 4 heteroatoms. The molecule has 0 bridgehead atoms. The van der Waals surface area contributed by atoms with Gasteiger partial charge < -0.3 is 14.5 Å². The van der Waals surface area contributed by atoms with Crippen LogP contribution in [0.3, 0.4) is 0 Å². The number of rotatable bonds is 4. The molecule has 1 amide bonds. The van der Waals surface area contributed by atoms with E-state index in [1.807, 2.05) is 23.1 Å². The van der Waals surface area contributed by atoms with Crippen molar-refractivity contribution in [1.29, 1.82) is 0 Å². The molecule has 0 N–H and O–H groups in total. The molecule has 2 aliphatic rings. The first-order chi connectivity index (χ1) is 11.2. The van der Waals surface area contributed by atoms with Gasteiger partial charge in [0.2, 0.25) is 5.91 Å². The summed E-state index contributed by atoms with van der Waals surface area (Å²) in [7, 11) is 2.12. The lowest BCUT2D eigenvalue weighted by Gasteiger charge is -2.40. The molecule has 0 spiro atoms. The molecule has 4 nitrogen and oxygen atoms in total. The summed E-state index contributed by atoms with van der Waals surface area (Å²) in [4.78, 5) is 17.0. The summed E-state index contributed by atoms with van der Waals surface area (Å²) >= 11 is 0. The van der Waals surface area contributed by atoms with Gasteiger partial charge in [-0.15, -0.1) is 0 Å². The molecule has 23 heavy (non-hydrogen) atoms. The minimum atomic E-state index is 0.136. The van der Waals surface area contributed by atoms with Crippen molar-refractivity contribution in [3.05, 3.63) is 35.9 Å². The minimum absolute atomic E-state index is 0.136. The van der Waals surface area contributed by atoms with Gasteiger partial charge in [-0.3, -0.25) is 4.79 Å². The van der Waals surface area contributed by atoms with E-state index in [2.05, 4.69) is 24.1 Å². The lowest BCUT2D eigenvalue weighted by atomic mass is 9.98. The fourth-order valence-corrected chi connectivity index (χ4v) is 3.68. The largest absolute Gasteiger partial charge is 0.368 e. The zero-order valence-electron chi connectivity index (χ0n) is 14.1. The zero-order chi connectivity index (χ0) is 16.1. The topological polar surface area (TPSA) is 32.8 Å². The summed E-state index contributed by atoms with van der Waals surface area (Å²) in [6.07, 6.45) is 6.29. The predicted octanol–water partition coefficient (Wildman–Crippen LogP) is 2.85. The first kappa shape index (κ1) is 16.5. The third-order valence-corrected chi connectivity index (χ3v) is 5.08. The highest BCUT2D eigenvalue weighted by molar-refractivity contribution is 5.78. The van der Waals surface area contributed by atoms with Crippen LogP contribution < -0.4 is 0 Å². The van der Waals surface area contributed by atoms with Gasteiger partial charge in [-0.1, -0.05) is 49.6 Å². The van der Waals surface area contributed by atoms with Crippen LogP contribution in [0, 0.1) is 0 Å². The Kier molecular flexibility index (Phi) is 5.68. The van der Waals surface area contributed by atoms with Crippen molar-refractivity contribution in [2.75, 3.05) is 33.3 Å². The molecule has 0 aromatic heterocycles. The number of nitrogens with zero attached hydrogens (tertiary/aromatic N) is 2. The van der Waals surface area contributed by atoms with Gasteiger partial charge in [-0.2, -0.15) is 0 Å². The maximum Gasteiger partial charge on any atom is 0.249 e. The molecule has 1 aliphatic carbocycles. The summed E-state index contributed by atoms with van der Waals surface area (Å²) in [6, 6.07) is 10.5. The van der Waals surface area contributed by atoms with E-state index in [0.717, 1.165) is 32.5 Å². The van der Waals surface area contributed by atoms with Crippen molar-refractivity contribution in [2.24, 2.45) is 0 Å². The van der Waals surface area contributed by atoms with Gasteiger partial charge >= 0.3 is 0 Å². The van der Waals surface area contributed by atoms with E-state index in [1.54, 1.807) is 0 Å². The standard InChI is InChI=1S/C19H28N2O2/c1-20-12-13-21(18(14-20)16-8-4-2-5-9-16)19(22)15-23-17-10-6-3-7-11-17/h2,4-5,8-9,17-18H,3,6-7,10-15H2,1H3. The number of ether oxygens (including phenoxy) is 1. The molecule has 1 unspecified atom stereocenters. The van der Waals surface area contributed by atoms with E-state index in [4.69, 9.17) is 4.74 Å². The quantitative estimate of drug-likeness (QED) is 0.856.